The minimum atomic E-state index is -1.02. The normalized spacial score (nSPS) is 15.5. The summed E-state index contributed by atoms with van der Waals surface area (Å²) in [5.41, 5.74) is 1.43. The lowest BCUT2D eigenvalue weighted by Crippen LogP contribution is -2.23. The number of aryl methyl sites for hydroxylation is 1. The second-order valence-corrected chi connectivity index (χ2v) is 5.25. The Kier molecular flexibility index (Phi) is 3.97. The SMILES string of the molecule is CCC1(C(=O)Nc2ccc(OCC(=O)O)cc2C)CC1. The summed E-state index contributed by atoms with van der Waals surface area (Å²) in [6.07, 6.45) is 2.76. The van der Waals surface area contributed by atoms with Gasteiger partial charge in [-0.25, -0.2) is 4.79 Å². The first-order valence-electron chi connectivity index (χ1n) is 6.73. The Morgan fingerprint density at radius 3 is 2.60 bits per heavy atom. The highest BCUT2D eigenvalue weighted by atomic mass is 16.5. The zero-order valence-corrected chi connectivity index (χ0v) is 11.7. The van der Waals surface area contributed by atoms with E-state index in [1.54, 1.807) is 18.2 Å². The van der Waals surface area contributed by atoms with Crippen molar-refractivity contribution in [3.8, 4) is 5.75 Å². The highest BCUT2D eigenvalue weighted by molar-refractivity contribution is 5.97. The molecule has 1 amide bonds. The highest BCUT2D eigenvalue weighted by Crippen LogP contribution is 2.49. The number of rotatable bonds is 6. The molecule has 0 radical (unpaired) electrons. The van der Waals surface area contributed by atoms with Crippen LogP contribution < -0.4 is 10.1 Å². The lowest BCUT2D eigenvalue weighted by atomic mass is 10.0. The smallest absolute Gasteiger partial charge is 0.341 e. The van der Waals surface area contributed by atoms with Gasteiger partial charge < -0.3 is 15.2 Å². The zero-order valence-electron chi connectivity index (χ0n) is 11.7. The number of nitrogens with one attached hydrogen (secondary N) is 1. The Morgan fingerprint density at radius 2 is 2.10 bits per heavy atom. The predicted molar refractivity (Wildman–Crippen MR) is 74.9 cm³/mol. The Balaban J connectivity index is 2.02. The number of hydrogen-bond acceptors (Lipinski definition) is 3. The molecule has 1 aliphatic carbocycles. The quantitative estimate of drug-likeness (QED) is 0.838. The topological polar surface area (TPSA) is 75.6 Å². The number of carboxylic acid groups (broad SMARTS) is 1. The Hall–Kier alpha value is -2.04. The van der Waals surface area contributed by atoms with E-state index >= 15 is 0 Å². The van der Waals surface area contributed by atoms with Gasteiger partial charge in [-0.2, -0.15) is 0 Å². The number of carbonyl (C=O) groups excluding carboxylic acids is 1. The lowest BCUT2D eigenvalue weighted by Gasteiger charge is -2.15. The second kappa shape index (κ2) is 5.53. The van der Waals surface area contributed by atoms with Gasteiger partial charge in [0.05, 0.1) is 0 Å². The molecule has 0 bridgehead atoms. The summed E-state index contributed by atoms with van der Waals surface area (Å²) in [4.78, 5) is 22.6. The molecule has 0 saturated heterocycles. The van der Waals surface area contributed by atoms with Crippen molar-refractivity contribution >= 4 is 17.6 Å². The van der Waals surface area contributed by atoms with Crippen molar-refractivity contribution in [2.75, 3.05) is 11.9 Å². The number of carboxylic acids is 1. The van der Waals surface area contributed by atoms with Crippen LogP contribution in [0.1, 0.15) is 31.7 Å². The van der Waals surface area contributed by atoms with Crippen LogP contribution in [0, 0.1) is 12.3 Å². The minimum Gasteiger partial charge on any atom is -0.482 e. The number of hydrogen-bond donors (Lipinski definition) is 2. The van der Waals surface area contributed by atoms with E-state index in [9.17, 15) is 9.59 Å². The van der Waals surface area contributed by atoms with E-state index in [1.165, 1.54) is 0 Å². The summed E-state index contributed by atoms with van der Waals surface area (Å²) < 4.78 is 5.10. The molecule has 0 spiro atoms. The molecule has 5 nitrogen and oxygen atoms in total. The average Bonchev–Trinajstić information content (AvgIpc) is 3.20. The van der Waals surface area contributed by atoms with Crippen molar-refractivity contribution in [2.45, 2.75) is 33.1 Å². The van der Waals surface area contributed by atoms with Crippen molar-refractivity contribution < 1.29 is 19.4 Å². The summed E-state index contributed by atoms with van der Waals surface area (Å²) in [5.74, 6) is -0.458. The van der Waals surface area contributed by atoms with Crippen LogP contribution in [0.5, 0.6) is 5.75 Å². The van der Waals surface area contributed by atoms with Gasteiger partial charge in [0.25, 0.3) is 0 Å². The molecule has 2 rings (SSSR count). The number of ether oxygens (including phenoxy) is 1. The van der Waals surface area contributed by atoms with Gasteiger partial charge in [-0.15, -0.1) is 0 Å². The molecule has 0 atom stereocenters. The number of carbonyl (C=O) groups is 2. The molecule has 1 aliphatic rings. The summed E-state index contributed by atoms with van der Waals surface area (Å²) in [6, 6.07) is 5.14. The lowest BCUT2D eigenvalue weighted by molar-refractivity contribution is -0.139. The fourth-order valence-electron chi connectivity index (χ4n) is 2.16. The average molecular weight is 277 g/mol. The third kappa shape index (κ3) is 3.10. The van der Waals surface area contributed by atoms with Crippen LogP contribution >= 0.6 is 0 Å². The standard InChI is InChI=1S/C15H19NO4/c1-3-15(6-7-15)14(19)16-12-5-4-11(8-10(12)2)20-9-13(17)18/h4-5,8H,3,6-7,9H2,1-2H3,(H,16,19)(H,17,18). The van der Waals surface area contributed by atoms with Gasteiger partial charge in [-0.3, -0.25) is 4.79 Å². The van der Waals surface area contributed by atoms with Gasteiger partial charge in [0, 0.05) is 11.1 Å². The van der Waals surface area contributed by atoms with E-state index in [1.807, 2.05) is 13.8 Å². The first-order chi connectivity index (χ1) is 9.47. The maximum atomic E-state index is 12.2. The predicted octanol–water partition coefficient (Wildman–Crippen LogP) is 2.59. The molecule has 0 unspecified atom stereocenters. The van der Waals surface area contributed by atoms with Crippen LogP contribution in [-0.4, -0.2) is 23.6 Å². The van der Waals surface area contributed by atoms with E-state index in [4.69, 9.17) is 9.84 Å². The van der Waals surface area contributed by atoms with Gasteiger partial charge >= 0.3 is 5.97 Å². The van der Waals surface area contributed by atoms with Gasteiger partial charge in [-0.05, 0) is 49.9 Å². The fraction of sp³-hybridized carbons (Fsp3) is 0.467. The Labute approximate surface area is 117 Å². The van der Waals surface area contributed by atoms with Crippen LogP contribution in [-0.2, 0) is 9.59 Å². The van der Waals surface area contributed by atoms with Gasteiger partial charge in [-0.1, -0.05) is 6.92 Å². The summed E-state index contributed by atoms with van der Waals surface area (Å²) in [7, 11) is 0. The van der Waals surface area contributed by atoms with Gasteiger partial charge in [0.15, 0.2) is 6.61 Å². The zero-order chi connectivity index (χ0) is 14.8. The van der Waals surface area contributed by atoms with Crippen LogP contribution in [0.4, 0.5) is 5.69 Å². The third-order valence-electron chi connectivity index (χ3n) is 3.82. The molecule has 1 aromatic rings. The Bertz CT molecular complexity index is 535. The number of amides is 1. The van der Waals surface area contributed by atoms with Crippen molar-refractivity contribution in [3.05, 3.63) is 23.8 Å². The molecule has 5 heteroatoms. The van der Waals surface area contributed by atoms with Gasteiger partial charge in [0.2, 0.25) is 5.91 Å². The van der Waals surface area contributed by atoms with E-state index in [0.29, 0.717) is 5.75 Å². The van der Waals surface area contributed by atoms with E-state index in [0.717, 1.165) is 30.5 Å². The van der Waals surface area contributed by atoms with Crippen molar-refractivity contribution in [1.82, 2.24) is 0 Å². The number of anilines is 1. The van der Waals surface area contributed by atoms with Crippen LogP contribution in [0.3, 0.4) is 0 Å². The van der Waals surface area contributed by atoms with Crippen molar-refractivity contribution in [3.63, 3.8) is 0 Å². The maximum Gasteiger partial charge on any atom is 0.341 e. The Morgan fingerprint density at radius 1 is 1.40 bits per heavy atom. The molecule has 1 aromatic carbocycles. The molecule has 2 N–H and O–H groups in total. The monoisotopic (exact) mass is 277 g/mol. The summed E-state index contributed by atoms with van der Waals surface area (Å²) in [6.45, 7) is 3.52. The second-order valence-electron chi connectivity index (χ2n) is 5.25. The van der Waals surface area contributed by atoms with Crippen molar-refractivity contribution in [1.29, 1.82) is 0 Å². The largest absolute Gasteiger partial charge is 0.482 e. The molecule has 0 aromatic heterocycles. The molecule has 0 aliphatic heterocycles. The molecule has 1 saturated carbocycles. The van der Waals surface area contributed by atoms with E-state index < -0.39 is 5.97 Å². The molecular weight excluding hydrogens is 258 g/mol. The first-order valence-corrected chi connectivity index (χ1v) is 6.73. The fourth-order valence-corrected chi connectivity index (χ4v) is 2.16. The summed E-state index contributed by atoms with van der Waals surface area (Å²) >= 11 is 0. The van der Waals surface area contributed by atoms with Crippen LogP contribution in [0.15, 0.2) is 18.2 Å². The molecular formula is C15H19NO4. The molecule has 0 heterocycles. The number of benzene rings is 1. The molecule has 1 fully saturated rings. The van der Waals surface area contributed by atoms with E-state index in [2.05, 4.69) is 5.32 Å². The first kappa shape index (κ1) is 14.4. The number of aliphatic carboxylic acids is 1. The van der Waals surface area contributed by atoms with Crippen LogP contribution in [0.25, 0.3) is 0 Å². The molecule has 20 heavy (non-hydrogen) atoms. The molecule has 108 valence electrons. The van der Waals surface area contributed by atoms with E-state index in [-0.39, 0.29) is 17.9 Å². The maximum absolute atomic E-state index is 12.2. The van der Waals surface area contributed by atoms with Gasteiger partial charge in [0.1, 0.15) is 5.75 Å². The highest BCUT2D eigenvalue weighted by Gasteiger charge is 2.47. The minimum absolute atomic E-state index is 0.0716. The van der Waals surface area contributed by atoms with Crippen LogP contribution in [0.2, 0.25) is 0 Å². The summed E-state index contributed by atoms with van der Waals surface area (Å²) in [5, 5.41) is 11.5. The van der Waals surface area contributed by atoms with Crippen molar-refractivity contribution in [2.24, 2.45) is 5.41 Å². The third-order valence-corrected chi connectivity index (χ3v) is 3.82.